The molecule has 1 aliphatic carbocycles. The molecule has 1 amide bonds. The average molecular weight is 439 g/mol. The lowest BCUT2D eigenvalue weighted by molar-refractivity contribution is -0.137. The predicted octanol–water partition coefficient (Wildman–Crippen LogP) is 4.13. The fourth-order valence-corrected chi connectivity index (χ4v) is 4.04. The number of nitrogens with zero attached hydrogens (tertiary/aromatic N) is 1. The zero-order valence-corrected chi connectivity index (χ0v) is 16.9. The van der Waals surface area contributed by atoms with Gasteiger partial charge in [0.05, 0.1) is 22.5 Å². The normalized spacial score (nSPS) is 15.1. The molecule has 156 valence electrons. The maximum absolute atomic E-state index is 13.1. The molecule has 0 spiro atoms. The molecule has 28 heavy (non-hydrogen) atoms. The summed E-state index contributed by atoms with van der Waals surface area (Å²) in [6, 6.07) is 2.73. The molecular weight excluding hydrogens is 417 g/mol. The van der Waals surface area contributed by atoms with Crippen molar-refractivity contribution in [3.05, 3.63) is 40.4 Å². The number of sulfonamides is 1. The molecule has 0 unspecified atom stereocenters. The van der Waals surface area contributed by atoms with Crippen molar-refractivity contribution in [2.24, 2.45) is 0 Å². The molecule has 0 aliphatic heterocycles. The molecule has 0 aromatic heterocycles. The second-order valence-electron chi connectivity index (χ2n) is 6.64. The van der Waals surface area contributed by atoms with Crippen LogP contribution in [0.4, 0.5) is 18.9 Å². The van der Waals surface area contributed by atoms with Crippen molar-refractivity contribution in [1.29, 1.82) is 0 Å². The van der Waals surface area contributed by atoms with Crippen molar-refractivity contribution in [3.8, 4) is 0 Å². The molecule has 0 heterocycles. The van der Waals surface area contributed by atoms with Crippen LogP contribution in [0.25, 0.3) is 0 Å². The number of benzene rings is 1. The first kappa shape index (κ1) is 22.5. The number of alkyl halides is 3. The van der Waals surface area contributed by atoms with E-state index in [4.69, 9.17) is 11.6 Å². The summed E-state index contributed by atoms with van der Waals surface area (Å²) in [6.07, 6.45) is 3.16. The maximum Gasteiger partial charge on any atom is 0.417 e. The Bertz CT molecular complexity index is 854. The fraction of sp³-hybridized carbons (Fsp3) is 0.500. The number of carbonyl (C=O) groups is 1. The number of hydrogen-bond acceptors (Lipinski definition) is 3. The van der Waals surface area contributed by atoms with E-state index in [1.165, 1.54) is 5.57 Å². The van der Waals surface area contributed by atoms with E-state index in [9.17, 15) is 26.4 Å². The minimum atomic E-state index is -4.74. The van der Waals surface area contributed by atoms with Crippen LogP contribution < -0.4 is 9.62 Å². The molecule has 5 nitrogen and oxygen atoms in total. The monoisotopic (exact) mass is 438 g/mol. The quantitative estimate of drug-likeness (QED) is 0.651. The van der Waals surface area contributed by atoms with E-state index in [2.05, 4.69) is 11.4 Å². The standard InChI is InChI=1S/C18H22ClF3N2O3S/c1-28(26,27)24(14-7-8-16(19)15(11-14)18(20,21)22)12-17(25)23-10-9-13-5-3-2-4-6-13/h5,7-8,11H,2-4,6,9-10,12H2,1H3,(H,23,25). The van der Waals surface area contributed by atoms with Crippen molar-refractivity contribution >= 4 is 33.2 Å². The number of amides is 1. The van der Waals surface area contributed by atoms with Gasteiger partial charge in [0.25, 0.3) is 0 Å². The lowest BCUT2D eigenvalue weighted by atomic mass is 9.97. The van der Waals surface area contributed by atoms with Crippen LogP contribution in [0, 0.1) is 0 Å². The first-order valence-corrected chi connectivity index (χ1v) is 11.0. The number of anilines is 1. The summed E-state index contributed by atoms with van der Waals surface area (Å²) >= 11 is 5.58. The largest absolute Gasteiger partial charge is 0.417 e. The molecule has 0 saturated heterocycles. The van der Waals surface area contributed by atoms with E-state index in [1.54, 1.807) is 0 Å². The summed E-state index contributed by atoms with van der Waals surface area (Å²) in [5.41, 5.74) is -0.187. The van der Waals surface area contributed by atoms with Crippen LogP contribution in [0.2, 0.25) is 5.02 Å². The summed E-state index contributed by atoms with van der Waals surface area (Å²) in [7, 11) is -3.98. The smallest absolute Gasteiger partial charge is 0.354 e. The fourth-order valence-electron chi connectivity index (χ4n) is 2.97. The molecule has 0 fully saturated rings. The first-order chi connectivity index (χ1) is 13.0. The summed E-state index contributed by atoms with van der Waals surface area (Å²) in [6.45, 7) is -0.270. The van der Waals surface area contributed by atoms with Crippen molar-refractivity contribution in [2.75, 3.05) is 23.7 Å². The Morgan fingerprint density at radius 1 is 1.29 bits per heavy atom. The van der Waals surface area contributed by atoms with Gasteiger partial charge in [0, 0.05) is 6.54 Å². The van der Waals surface area contributed by atoms with Gasteiger partial charge in [0.1, 0.15) is 6.54 Å². The van der Waals surface area contributed by atoms with Crippen LogP contribution in [0.1, 0.15) is 37.7 Å². The molecule has 0 radical (unpaired) electrons. The van der Waals surface area contributed by atoms with Gasteiger partial charge in [-0.15, -0.1) is 0 Å². The number of nitrogens with one attached hydrogen (secondary N) is 1. The highest BCUT2D eigenvalue weighted by molar-refractivity contribution is 7.92. The minimum Gasteiger partial charge on any atom is -0.354 e. The molecule has 1 aromatic rings. The SMILES string of the molecule is CS(=O)(=O)N(CC(=O)NCCC1=CCCCC1)c1ccc(Cl)c(C(F)(F)F)c1. The number of carbonyl (C=O) groups excluding carboxylic acids is 1. The van der Waals surface area contributed by atoms with Gasteiger partial charge in [-0.2, -0.15) is 13.2 Å². The van der Waals surface area contributed by atoms with Gasteiger partial charge >= 0.3 is 6.18 Å². The van der Waals surface area contributed by atoms with E-state index >= 15 is 0 Å². The highest BCUT2D eigenvalue weighted by Crippen LogP contribution is 2.37. The highest BCUT2D eigenvalue weighted by Gasteiger charge is 2.34. The average Bonchev–Trinajstić information content (AvgIpc) is 2.59. The zero-order valence-electron chi connectivity index (χ0n) is 15.4. The Kier molecular flexibility index (Phi) is 7.39. The van der Waals surface area contributed by atoms with E-state index in [0.717, 1.165) is 44.1 Å². The Labute approximate surface area is 167 Å². The number of halogens is 4. The van der Waals surface area contributed by atoms with Gasteiger partial charge in [0.2, 0.25) is 15.9 Å². The predicted molar refractivity (Wildman–Crippen MR) is 103 cm³/mol. The lowest BCUT2D eigenvalue weighted by Gasteiger charge is -2.23. The van der Waals surface area contributed by atoms with Gasteiger partial charge in [-0.05, 0) is 50.3 Å². The van der Waals surface area contributed by atoms with Crippen LogP contribution in [-0.4, -0.2) is 33.7 Å². The molecule has 1 aromatic carbocycles. The van der Waals surface area contributed by atoms with Crippen molar-refractivity contribution < 1.29 is 26.4 Å². The van der Waals surface area contributed by atoms with Crippen LogP contribution in [0.3, 0.4) is 0 Å². The summed E-state index contributed by atoms with van der Waals surface area (Å²) in [5, 5.41) is 2.08. The minimum absolute atomic E-state index is 0.274. The van der Waals surface area contributed by atoms with Gasteiger partial charge in [0.15, 0.2) is 0 Å². The molecular formula is C18H22ClF3N2O3S. The van der Waals surface area contributed by atoms with Gasteiger partial charge in [-0.25, -0.2) is 8.42 Å². The Morgan fingerprint density at radius 2 is 2.00 bits per heavy atom. The van der Waals surface area contributed by atoms with Gasteiger partial charge in [-0.3, -0.25) is 9.10 Å². The van der Waals surface area contributed by atoms with Crippen molar-refractivity contribution in [1.82, 2.24) is 5.32 Å². The molecule has 1 N–H and O–H groups in total. The topological polar surface area (TPSA) is 66.5 Å². The van der Waals surface area contributed by atoms with Gasteiger partial charge < -0.3 is 5.32 Å². The zero-order chi connectivity index (χ0) is 20.9. The van der Waals surface area contributed by atoms with Crippen LogP contribution in [0.5, 0.6) is 0 Å². The number of rotatable bonds is 7. The van der Waals surface area contributed by atoms with E-state index in [1.807, 2.05) is 0 Å². The molecule has 0 bridgehead atoms. The summed E-state index contributed by atoms with van der Waals surface area (Å²) in [4.78, 5) is 12.2. The van der Waals surface area contributed by atoms with Crippen LogP contribution in [0.15, 0.2) is 29.8 Å². The summed E-state index contributed by atoms with van der Waals surface area (Å²) in [5.74, 6) is -0.592. The second-order valence-corrected chi connectivity index (χ2v) is 8.95. The number of allylic oxidation sites excluding steroid dienone is 1. The second kappa shape index (κ2) is 9.17. The van der Waals surface area contributed by atoms with Crippen molar-refractivity contribution in [3.63, 3.8) is 0 Å². The van der Waals surface area contributed by atoms with E-state index in [0.29, 0.717) is 23.3 Å². The Hall–Kier alpha value is -1.74. The lowest BCUT2D eigenvalue weighted by Crippen LogP contribution is -2.40. The third kappa shape index (κ3) is 6.41. The molecule has 2 rings (SSSR count). The van der Waals surface area contributed by atoms with E-state index in [-0.39, 0.29) is 5.69 Å². The molecule has 0 atom stereocenters. The Morgan fingerprint density at radius 3 is 2.57 bits per heavy atom. The van der Waals surface area contributed by atoms with Gasteiger partial charge in [-0.1, -0.05) is 23.3 Å². The highest BCUT2D eigenvalue weighted by atomic mass is 35.5. The van der Waals surface area contributed by atoms with Crippen molar-refractivity contribution in [2.45, 2.75) is 38.3 Å². The maximum atomic E-state index is 13.1. The third-order valence-electron chi connectivity index (χ3n) is 4.38. The van der Waals surface area contributed by atoms with E-state index < -0.39 is 39.2 Å². The number of hydrogen-bond donors (Lipinski definition) is 1. The Balaban J connectivity index is 2.10. The molecule has 10 heteroatoms. The molecule has 1 aliphatic rings. The first-order valence-electron chi connectivity index (χ1n) is 8.77. The third-order valence-corrected chi connectivity index (χ3v) is 5.85. The van der Waals surface area contributed by atoms with Crippen LogP contribution >= 0.6 is 11.6 Å². The molecule has 0 saturated carbocycles. The van der Waals surface area contributed by atoms with Crippen LogP contribution in [-0.2, 0) is 21.0 Å². The summed E-state index contributed by atoms with van der Waals surface area (Å²) < 4.78 is 63.9.